The zero-order chi connectivity index (χ0) is 15.6. The van der Waals surface area contributed by atoms with E-state index in [1.165, 1.54) is 11.3 Å². The van der Waals surface area contributed by atoms with E-state index in [1.807, 2.05) is 26.2 Å². The Kier molecular flexibility index (Phi) is 4.51. The number of carboxylic acids is 1. The van der Waals surface area contributed by atoms with Gasteiger partial charge in [-0.25, -0.2) is 9.78 Å². The summed E-state index contributed by atoms with van der Waals surface area (Å²) in [5, 5.41) is 14.8. The van der Waals surface area contributed by atoms with Gasteiger partial charge in [0.15, 0.2) is 0 Å². The minimum Gasteiger partial charge on any atom is -0.481 e. The number of amides is 2. The molecule has 21 heavy (non-hydrogen) atoms. The van der Waals surface area contributed by atoms with E-state index >= 15 is 0 Å². The normalized spacial score (nSPS) is 22.9. The number of nitrogens with zero attached hydrogens (tertiary/aromatic N) is 2. The van der Waals surface area contributed by atoms with Crippen LogP contribution in [-0.4, -0.2) is 39.6 Å². The van der Waals surface area contributed by atoms with Crippen molar-refractivity contribution in [2.24, 2.45) is 5.92 Å². The molecule has 2 N–H and O–H groups in total. The van der Waals surface area contributed by atoms with Crippen LogP contribution in [0.1, 0.15) is 38.6 Å². The summed E-state index contributed by atoms with van der Waals surface area (Å²) < 4.78 is 0. The van der Waals surface area contributed by atoms with Gasteiger partial charge < -0.3 is 15.3 Å². The van der Waals surface area contributed by atoms with E-state index < -0.39 is 11.5 Å². The number of hydrogen-bond acceptors (Lipinski definition) is 4. The van der Waals surface area contributed by atoms with E-state index in [2.05, 4.69) is 10.3 Å². The summed E-state index contributed by atoms with van der Waals surface area (Å²) in [6.45, 7) is 6.19. The number of aliphatic carboxylic acids is 1. The van der Waals surface area contributed by atoms with Crippen molar-refractivity contribution < 1.29 is 14.7 Å². The van der Waals surface area contributed by atoms with E-state index in [9.17, 15) is 9.59 Å². The van der Waals surface area contributed by atoms with E-state index in [0.717, 1.165) is 5.01 Å². The molecule has 116 valence electrons. The summed E-state index contributed by atoms with van der Waals surface area (Å²) in [6, 6.07) is -0.238. The molecular formula is C14H21N3O3S. The fourth-order valence-electron chi connectivity index (χ4n) is 2.62. The van der Waals surface area contributed by atoms with Crippen LogP contribution in [-0.2, 0) is 10.3 Å². The van der Waals surface area contributed by atoms with Crippen molar-refractivity contribution in [1.29, 1.82) is 0 Å². The summed E-state index contributed by atoms with van der Waals surface area (Å²) in [5.41, 5.74) is -0.533. The molecule has 1 fully saturated rings. The molecule has 1 aromatic heterocycles. The molecule has 0 spiro atoms. The largest absolute Gasteiger partial charge is 0.481 e. The summed E-state index contributed by atoms with van der Waals surface area (Å²) in [5.74, 6) is -1.12. The number of carbonyl (C=O) groups is 2. The number of thiazole rings is 1. The SMILES string of the molecule is CC1CC(C(=O)O)CCN1C(=O)NC(C)(C)c1nccs1. The molecule has 0 radical (unpaired) electrons. The molecule has 0 aliphatic carbocycles. The van der Waals surface area contributed by atoms with E-state index in [4.69, 9.17) is 5.11 Å². The Morgan fingerprint density at radius 3 is 2.76 bits per heavy atom. The van der Waals surface area contributed by atoms with Crippen LogP contribution in [0.15, 0.2) is 11.6 Å². The van der Waals surface area contributed by atoms with Gasteiger partial charge in [-0.05, 0) is 33.6 Å². The van der Waals surface area contributed by atoms with Crippen molar-refractivity contribution >= 4 is 23.3 Å². The monoisotopic (exact) mass is 311 g/mol. The Labute approximate surface area is 128 Å². The van der Waals surface area contributed by atoms with Crippen LogP contribution in [0.4, 0.5) is 4.79 Å². The lowest BCUT2D eigenvalue weighted by atomic mass is 9.92. The van der Waals surface area contributed by atoms with Crippen molar-refractivity contribution in [3.8, 4) is 0 Å². The molecule has 1 saturated heterocycles. The number of urea groups is 1. The number of piperidine rings is 1. The predicted molar refractivity (Wildman–Crippen MR) is 80.2 cm³/mol. The first-order valence-corrected chi connectivity index (χ1v) is 7.91. The van der Waals surface area contributed by atoms with Crippen LogP contribution in [0.5, 0.6) is 0 Å². The van der Waals surface area contributed by atoms with Gasteiger partial charge in [-0.3, -0.25) is 4.79 Å². The van der Waals surface area contributed by atoms with Crippen LogP contribution >= 0.6 is 11.3 Å². The molecule has 1 aliphatic rings. The highest BCUT2D eigenvalue weighted by Gasteiger charge is 2.35. The minimum absolute atomic E-state index is 0.0769. The quantitative estimate of drug-likeness (QED) is 0.897. The predicted octanol–water partition coefficient (Wildman–Crippen LogP) is 2.27. The summed E-state index contributed by atoms with van der Waals surface area (Å²) in [4.78, 5) is 29.4. The van der Waals surface area contributed by atoms with Crippen molar-refractivity contribution in [2.45, 2.75) is 45.2 Å². The number of carboxylic acid groups (broad SMARTS) is 1. The molecule has 2 rings (SSSR count). The molecule has 0 aromatic carbocycles. The molecule has 0 bridgehead atoms. The van der Waals surface area contributed by atoms with Gasteiger partial charge >= 0.3 is 12.0 Å². The highest BCUT2D eigenvalue weighted by molar-refractivity contribution is 7.09. The smallest absolute Gasteiger partial charge is 0.318 e. The lowest BCUT2D eigenvalue weighted by Gasteiger charge is -2.38. The van der Waals surface area contributed by atoms with Crippen LogP contribution in [0.3, 0.4) is 0 Å². The fourth-order valence-corrected chi connectivity index (χ4v) is 3.34. The standard InChI is InChI=1S/C14H21N3O3S/c1-9-8-10(11(18)19)4-6-17(9)13(20)16-14(2,3)12-15-5-7-21-12/h5,7,9-10H,4,6,8H2,1-3H3,(H,16,20)(H,18,19). The molecule has 2 unspecified atom stereocenters. The molecule has 1 aliphatic heterocycles. The summed E-state index contributed by atoms with van der Waals surface area (Å²) in [7, 11) is 0. The van der Waals surface area contributed by atoms with Gasteiger partial charge in [0, 0.05) is 24.2 Å². The lowest BCUT2D eigenvalue weighted by Crippen LogP contribution is -2.54. The van der Waals surface area contributed by atoms with Crippen molar-refractivity contribution in [1.82, 2.24) is 15.2 Å². The number of likely N-dealkylation sites (tertiary alicyclic amines) is 1. The molecule has 2 amide bonds. The van der Waals surface area contributed by atoms with Crippen molar-refractivity contribution in [3.63, 3.8) is 0 Å². The Balaban J connectivity index is 1.99. The maximum Gasteiger partial charge on any atom is 0.318 e. The molecule has 2 heterocycles. The average molecular weight is 311 g/mol. The Hall–Kier alpha value is -1.63. The van der Waals surface area contributed by atoms with Gasteiger partial charge in [-0.1, -0.05) is 0 Å². The fraction of sp³-hybridized carbons (Fsp3) is 0.643. The number of nitrogens with one attached hydrogen (secondary N) is 1. The van der Waals surface area contributed by atoms with E-state index in [0.29, 0.717) is 19.4 Å². The van der Waals surface area contributed by atoms with Gasteiger partial charge in [0.1, 0.15) is 5.01 Å². The molecule has 0 saturated carbocycles. The third-order valence-corrected chi connectivity index (χ3v) is 4.97. The van der Waals surface area contributed by atoms with Gasteiger partial charge in [0.2, 0.25) is 0 Å². The lowest BCUT2D eigenvalue weighted by molar-refractivity contribution is -0.143. The number of hydrogen-bond donors (Lipinski definition) is 2. The molecule has 2 atom stereocenters. The highest BCUT2D eigenvalue weighted by atomic mass is 32.1. The first kappa shape index (κ1) is 15.8. The minimum atomic E-state index is -0.773. The van der Waals surface area contributed by atoms with Gasteiger partial charge in [-0.2, -0.15) is 0 Å². The van der Waals surface area contributed by atoms with Gasteiger partial charge in [0.05, 0.1) is 11.5 Å². The Morgan fingerprint density at radius 2 is 2.24 bits per heavy atom. The zero-order valence-electron chi connectivity index (χ0n) is 12.5. The molecule has 6 nitrogen and oxygen atoms in total. The van der Waals surface area contributed by atoms with Crippen LogP contribution in [0, 0.1) is 5.92 Å². The first-order valence-electron chi connectivity index (χ1n) is 7.03. The zero-order valence-corrected chi connectivity index (χ0v) is 13.3. The van der Waals surface area contributed by atoms with Crippen LogP contribution in [0.2, 0.25) is 0 Å². The maximum absolute atomic E-state index is 12.4. The average Bonchev–Trinajstić information content (AvgIpc) is 2.92. The van der Waals surface area contributed by atoms with Gasteiger partial charge in [0.25, 0.3) is 0 Å². The maximum atomic E-state index is 12.4. The van der Waals surface area contributed by atoms with Crippen molar-refractivity contribution in [2.75, 3.05) is 6.54 Å². The molecular weight excluding hydrogens is 290 g/mol. The second-order valence-corrected chi connectivity index (χ2v) is 6.89. The molecule has 1 aromatic rings. The highest BCUT2D eigenvalue weighted by Crippen LogP contribution is 2.26. The third kappa shape index (κ3) is 3.53. The second-order valence-electron chi connectivity index (χ2n) is 5.99. The number of rotatable bonds is 3. The van der Waals surface area contributed by atoms with Crippen LogP contribution in [0.25, 0.3) is 0 Å². The van der Waals surface area contributed by atoms with E-state index in [-0.39, 0.29) is 18.0 Å². The molecule has 7 heteroatoms. The Morgan fingerprint density at radius 1 is 1.52 bits per heavy atom. The summed E-state index contributed by atoms with van der Waals surface area (Å²) >= 11 is 1.50. The van der Waals surface area contributed by atoms with Crippen LogP contribution < -0.4 is 5.32 Å². The second kappa shape index (κ2) is 6.01. The van der Waals surface area contributed by atoms with Gasteiger partial charge in [-0.15, -0.1) is 11.3 Å². The first-order chi connectivity index (χ1) is 9.81. The number of aromatic nitrogens is 1. The summed E-state index contributed by atoms with van der Waals surface area (Å²) in [6.07, 6.45) is 2.72. The Bertz CT molecular complexity index is 516. The van der Waals surface area contributed by atoms with Crippen molar-refractivity contribution in [3.05, 3.63) is 16.6 Å². The third-order valence-electron chi connectivity index (χ3n) is 3.87. The number of carbonyl (C=O) groups excluding carboxylic acids is 1. The van der Waals surface area contributed by atoms with E-state index in [1.54, 1.807) is 11.1 Å². The topological polar surface area (TPSA) is 82.5 Å².